The maximum absolute atomic E-state index is 11.1. The number of amides is 2. The molecule has 0 atom stereocenters. The third kappa shape index (κ3) is 7.58. The smallest absolute Gasteiger partial charge is 0.238 e. The largest absolute Gasteiger partial charge is 0.273 e. The first-order valence-electron chi connectivity index (χ1n) is 4.99. The Morgan fingerprint density at radius 1 is 0.857 bits per heavy atom. The average Bonchev–Trinajstić information content (AvgIpc) is 1.98. The van der Waals surface area contributed by atoms with Gasteiger partial charge in [-0.05, 0) is 11.8 Å². The molecule has 14 heavy (non-hydrogen) atoms. The van der Waals surface area contributed by atoms with Crippen molar-refractivity contribution in [2.75, 3.05) is 0 Å². The standard InChI is InChI=1S/C10H20N2O2/c1-7(2)5-9(13)11-12-10(14)6-8(3)4/h7-8H,5-6H2,1-4H3,(H,11,13)(H,12,14). The molecule has 82 valence electrons. The van der Waals surface area contributed by atoms with E-state index in [4.69, 9.17) is 0 Å². The van der Waals surface area contributed by atoms with Gasteiger partial charge >= 0.3 is 0 Å². The lowest BCUT2D eigenvalue weighted by molar-refractivity contribution is -0.129. The van der Waals surface area contributed by atoms with Gasteiger partial charge in [0.2, 0.25) is 11.8 Å². The van der Waals surface area contributed by atoms with E-state index in [2.05, 4.69) is 10.9 Å². The molecule has 0 spiro atoms. The molecule has 0 aliphatic heterocycles. The Bertz CT molecular complexity index is 178. The summed E-state index contributed by atoms with van der Waals surface area (Å²) in [7, 11) is 0. The Labute approximate surface area is 85.4 Å². The van der Waals surface area contributed by atoms with Gasteiger partial charge in [0.25, 0.3) is 0 Å². The van der Waals surface area contributed by atoms with Gasteiger partial charge in [-0.2, -0.15) is 0 Å². The number of carbonyl (C=O) groups excluding carboxylic acids is 2. The summed E-state index contributed by atoms with van der Waals surface area (Å²) in [4.78, 5) is 22.2. The minimum absolute atomic E-state index is 0.142. The van der Waals surface area contributed by atoms with Gasteiger partial charge in [0, 0.05) is 12.8 Å². The van der Waals surface area contributed by atoms with Gasteiger partial charge in [-0.25, -0.2) is 0 Å². The second kappa shape index (κ2) is 6.40. The Hall–Kier alpha value is -1.06. The number of hydrogen-bond acceptors (Lipinski definition) is 2. The molecule has 0 radical (unpaired) electrons. The van der Waals surface area contributed by atoms with E-state index in [0.29, 0.717) is 24.7 Å². The van der Waals surface area contributed by atoms with Crippen molar-refractivity contribution in [2.45, 2.75) is 40.5 Å². The molecule has 0 aromatic carbocycles. The van der Waals surface area contributed by atoms with Crippen molar-refractivity contribution >= 4 is 11.8 Å². The van der Waals surface area contributed by atoms with Crippen molar-refractivity contribution in [1.82, 2.24) is 10.9 Å². The van der Waals surface area contributed by atoms with Gasteiger partial charge in [0.05, 0.1) is 0 Å². The van der Waals surface area contributed by atoms with Crippen LogP contribution in [-0.4, -0.2) is 11.8 Å². The molecule has 0 fully saturated rings. The fourth-order valence-corrected chi connectivity index (χ4v) is 0.983. The summed E-state index contributed by atoms with van der Waals surface area (Å²) in [5, 5.41) is 0. The summed E-state index contributed by atoms with van der Waals surface area (Å²) in [6, 6.07) is 0. The first-order chi connectivity index (χ1) is 6.41. The molecule has 4 heteroatoms. The summed E-state index contributed by atoms with van der Waals surface area (Å²) >= 11 is 0. The van der Waals surface area contributed by atoms with Crippen LogP contribution in [0.3, 0.4) is 0 Å². The molecule has 0 saturated carbocycles. The molecular formula is C10H20N2O2. The molecule has 0 rings (SSSR count). The molecule has 0 aromatic heterocycles. The molecule has 0 bridgehead atoms. The maximum atomic E-state index is 11.1. The minimum Gasteiger partial charge on any atom is -0.273 e. The van der Waals surface area contributed by atoms with Crippen LogP contribution in [-0.2, 0) is 9.59 Å². The quantitative estimate of drug-likeness (QED) is 0.670. The third-order valence-corrected chi connectivity index (χ3v) is 1.53. The second-order valence-corrected chi connectivity index (χ2v) is 4.29. The molecule has 0 heterocycles. The zero-order valence-electron chi connectivity index (χ0n) is 9.39. The fraction of sp³-hybridized carbons (Fsp3) is 0.800. The monoisotopic (exact) mass is 200 g/mol. The molecule has 2 N–H and O–H groups in total. The number of carbonyl (C=O) groups is 2. The van der Waals surface area contributed by atoms with Crippen molar-refractivity contribution in [1.29, 1.82) is 0 Å². The molecule has 0 unspecified atom stereocenters. The van der Waals surface area contributed by atoms with Crippen LogP contribution in [0, 0.1) is 11.8 Å². The Morgan fingerprint density at radius 2 is 1.14 bits per heavy atom. The first kappa shape index (κ1) is 12.9. The van der Waals surface area contributed by atoms with E-state index in [1.54, 1.807) is 0 Å². The molecule has 0 aliphatic carbocycles. The zero-order valence-corrected chi connectivity index (χ0v) is 9.39. The highest BCUT2D eigenvalue weighted by Crippen LogP contribution is 1.98. The molecular weight excluding hydrogens is 180 g/mol. The SMILES string of the molecule is CC(C)CC(=O)NNC(=O)CC(C)C. The Balaban J connectivity index is 3.61. The zero-order chi connectivity index (χ0) is 11.1. The van der Waals surface area contributed by atoms with Crippen molar-refractivity contribution in [2.24, 2.45) is 11.8 Å². The van der Waals surface area contributed by atoms with Crippen molar-refractivity contribution in [3.05, 3.63) is 0 Å². The molecule has 2 amide bonds. The van der Waals surface area contributed by atoms with Gasteiger partial charge in [-0.3, -0.25) is 20.4 Å². The molecule has 0 saturated heterocycles. The van der Waals surface area contributed by atoms with Crippen molar-refractivity contribution in [3.8, 4) is 0 Å². The average molecular weight is 200 g/mol. The number of hydrazine groups is 1. The fourth-order valence-electron chi connectivity index (χ4n) is 0.983. The van der Waals surface area contributed by atoms with E-state index in [-0.39, 0.29) is 11.8 Å². The van der Waals surface area contributed by atoms with Crippen LogP contribution >= 0.6 is 0 Å². The number of nitrogens with one attached hydrogen (secondary N) is 2. The molecule has 0 aliphatic rings. The second-order valence-electron chi connectivity index (χ2n) is 4.29. The highest BCUT2D eigenvalue weighted by molar-refractivity contribution is 5.82. The van der Waals surface area contributed by atoms with E-state index >= 15 is 0 Å². The van der Waals surface area contributed by atoms with Gasteiger partial charge in [0.1, 0.15) is 0 Å². The van der Waals surface area contributed by atoms with E-state index < -0.39 is 0 Å². The van der Waals surface area contributed by atoms with Crippen LogP contribution in [0.5, 0.6) is 0 Å². The lowest BCUT2D eigenvalue weighted by Crippen LogP contribution is -2.42. The minimum atomic E-state index is -0.142. The van der Waals surface area contributed by atoms with Crippen molar-refractivity contribution in [3.63, 3.8) is 0 Å². The summed E-state index contributed by atoms with van der Waals surface area (Å²) in [5.74, 6) is 0.322. The van der Waals surface area contributed by atoms with Gasteiger partial charge in [-0.15, -0.1) is 0 Å². The maximum Gasteiger partial charge on any atom is 0.238 e. The summed E-state index contributed by atoms with van der Waals surface area (Å²) < 4.78 is 0. The summed E-state index contributed by atoms with van der Waals surface area (Å²) in [5.41, 5.74) is 4.76. The Kier molecular flexibility index (Phi) is 5.92. The van der Waals surface area contributed by atoms with Gasteiger partial charge < -0.3 is 0 Å². The predicted octanol–water partition coefficient (Wildman–Crippen LogP) is 1.23. The van der Waals surface area contributed by atoms with E-state index in [9.17, 15) is 9.59 Å². The van der Waals surface area contributed by atoms with Crippen molar-refractivity contribution < 1.29 is 9.59 Å². The van der Waals surface area contributed by atoms with Crippen LogP contribution in [0.25, 0.3) is 0 Å². The number of hydrogen-bond donors (Lipinski definition) is 2. The van der Waals surface area contributed by atoms with E-state index in [1.165, 1.54) is 0 Å². The summed E-state index contributed by atoms with van der Waals surface area (Å²) in [6.45, 7) is 7.82. The van der Waals surface area contributed by atoms with E-state index in [0.717, 1.165) is 0 Å². The molecule has 0 aromatic rings. The number of rotatable bonds is 4. The van der Waals surface area contributed by atoms with Crippen LogP contribution < -0.4 is 10.9 Å². The normalized spacial score (nSPS) is 10.4. The topological polar surface area (TPSA) is 58.2 Å². The van der Waals surface area contributed by atoms with Gasteiger partial charge in [0.15, 0.2) is 0 Å². The van der Waals surface area contributed by atoms with Crippen LogP contribution in [0.2, 0.25) is 0 Å². The van der Waals surface area contributed by atoms with Gasteiger partial charge in [-0.1, -0.05) is 27.7 Å². The third-order valence-electron chi connectivity index (χ3n) is 1.53. The van der Waals surface area contributed by atoms with Crippen LogP contribution in [0.1, 0.15) is 40.5 Å². The Morgan fingerprint density at radius 3 is 1.36 bits per heavy atom. The molecule has 4 nitrogen and oxygen atoms in total. The highest BCUT2D eigenvalue weighted by Gasteiger charge is 2.07. The summed E-state index contributed by atoms with van der Waals surface area (Å²) in [6.07, 6.45) is 0.865. The van der Waals surface area contributed by atoms with E-state index in [1.807, 2.05) is 27.7 Å². The lowest BCUT2D eigenvalue weighted by Gasteiger charge is -2.09. The lowest BCUT2D eigenvalue weighted by atomic mass is 10.1. The first-order valence-corrected chi connectivity index (χ1v) is 4.99. The van der Waals surface area contributed by atoms with Crippen LogP contribution in [0.15, 0.2) is 0 Å². The van der Waals surface area contributed by atoms with Crippen LogP contribution in [0.4, 0.5) is 0 Å². The predicted molar refractivity (Wildman–Crippen MR) is 55.2 cm³/mol. The highest BCUT2D eigenvalue weighted by atomic mass is 16.2.